The summed E-state index contributed by atoms with van der Waals surface area (Å²) >= 11 is 1.37. The van der Waals surface area contributed by atoms with Crippen molar-refractivity contribution in [3.05, 3.63) is 22.4 Å². The number of hydrogen-bond donors (Lipinski definition) is 1. The third kappa shape index (κ3) is 2.64. The second-order valence-corrected chi connectivity index (χ2v) is 2.49. The van der Waals surface area contributed by atoms with E-state index in [1.165, 1.54) is 11.3 Å². The van der Waals surface area contributed by atoms with Crippen LogP contribution in [0.1, 0.15) is 6.30 Å². The molecular weight excluding hydrogens is 171 g/mol. The van der Waals surface area contributed by atoms with Gasteiger partial charge in [0.05, 0.1) is 4.88 Å². The van der Waals surface area contributed by atoms with E-state index in [2.05, 4.69) is 5.16 Å². The molecule has 0 radical (unpaired) electrons. The standard InChI is InChI=1S/C6H4N2OS.Na.H/c7-4-5(8-9)6-2-1-3-10-6;;/h1-3,9H;;/q;+1;-1. The Kier molecular flexibility index (Phi) is 5.16. The first-order chi connectivity index (χ1) is 4.88. The van der Waals surface area contributed by atoms with Crippen LogP contribution >= 0.6 is 11.3 Å². The molecule has 0 amide bonds. The maximum absolute atomic E-state index is 8.36. The van der Waals surface area contributed by atoms with Gasteiger partial charge in [-0.2, -0.15) is 5.26 Å². The van der Waals surface area contributed by atoms with Crippen LogP contribution in [0.3, 0.4) is 0 Å². The van der Waals surface area contributed by atoms with Crippen LogP contribution in [0, 0.1) is 11.3 Å². The summed E-state index contributed by atoms with van der Waals surface area (Å²) in [5, 5.41) is 21.3. The zero-order valence-corrected chi connectivity index (χ0v) is 8.80. The summed E-state index contributed by atoms with van der Waals surface area (Å²) in [5.74, 6) is 0. The quantitative estimate of drug-likeness (QED) is 0.247. The largest absolute Gasteiger partial charge is 1.00 e. The Morgan fingerprint density at radius 2 is 2.55 bits per heavy atom. The number of nitrogens with zero attached hydrogens (tertiary/aromatic N) is 2. The maximum atomic E-state index is 8.36. The first-order valence-corrected chi connectivity index (χ1v) is 3.42. The van der Waals surface area contributed by atoms with Gasteiger partial charge in [-0.1, -0.05) is 11.2 Å². The van der Waals surface area contributed by atoms with E-state index in [4.69, 9.17) is 10.5 Å². The fraction of sp³-hybridized carbons (Fsp3) is 0. The Morgan fingerprint density at radius 1 is 1.82 bits per heavy atom. The van der Waals surface area contributed by atoms with E-state index in [1.54, 1.807) is 18.2 Å². The molecule has 1 aromatic heterocycles. The van der Waals surface area contributed by atoms with Crippen LogP contribution in [-0.4, -0.2) is 10.9 Å². The van der Waals surface area contributed by atoms with Crippen LogP contribution in [0.25, 0.3) is 0 Å². The zero-order valence-electron chi connectivity index (χ0n) is 6.98. The van der Waals surface area contributed by atoms with Gasteiger partial charge in [-0.05, 0) is 11.4 Å². The van der Waals surface area contributed by atoms with E-state index >= 15 is 0 Å². The van der Waals surface area contributed by atoms with Gasteiger partial charge in [-0.25, -0.2) is 0 Å². The summed E-state index contributed by atoms with van der Waals surface area (Å²) in [5.41, 5.74) is 0.0648. The molecule has 0 aliphatic rings. The van der Waals surface area contributed by atoms with Crippen molar-refractivity contribution in [2.45, 2.75) is 0 Å². The van der Waals surface area contributed by atoms with Gasteiger partial charge in [0.2, 0.25) is 0 Å². The molecule has 0 aromatic carbocycles. The molecule has 0 unspecified atom stereocenters. The molecule has 0 atom stereocenters. The van der Waals surface area contributed by atoms with Gasteiger partial charge in [0, 0.05) is 0 Å². The molecule has 0 fully saturated rings. The van der Waals surface area contributed by atoms with Crippen molar-refractivity contribution >= 4 is 17.0 Å². The zero-order chi connectivity index (χ0) is 7.40. The first-order valence-electron chi connectivity index (χ1n) is 2.54. The Balaban J connectivity index is 0. The average Bonchev–Trinajstić information content (AvgIpc) is 2.43. The van der Waals surface area contributed by atoms with E-state index in [9.17, 15) is 0 Å². The van der Waals surface area contributed by atoms with Crippen molar-refractivity contribution < 1.29 is 36.2 Å². The van der Waals surface area contributed by atoms with E-state index in [0.29, 0.717) is 4.88 Å². The van der Waals surface area contributed by atoms with Crippen molar-refractivity contribution in [1.82, 2.24) is 0 Å². The van der Waals surface area contributed by atoms with E-state index in [1.807, 2.05) is 5.38 Å². The molecular formula is C6H5N2NaOS. The van der Waals surface area contributed by atoms with Gasteiger partial charge < -0.3 is 6.63 Å². The summed E-state index contributed by atoms with van der Waals surface area (Å²) in [4.78, 5) is 0.685. The van der Waals surface area contributed by atoms with E-state index in [-0.39, 0.29) is 36.7 Å². The summed E-state index contributed by atoms with van der Waals surface area (Å²) in [7, 11) is 0. The molecule has 0 bridgehead atoms. The predicted octanol–water partition coefficient (Wildman–Crippen LogP) is -1.43. The van der Waals surface area contributed by atoms with Crippen LogP contribution in [0.4, 0.5) is 0 Å². The maximum Gasteiger partial charge on any atom is 1.00 e. The number of nitriles is 1. The second kappa shape index (κ2) is 5.33. The summed E-state index contributed by atoms with van der Waals surface area (Å²) < 4.78 is 0. The molecule has 1 N–H and O–H groups in total. The van der Waals surface area contributed by atoms with Gasteiger partial charge in [-0.15, -0.1) is 11.3 Å². The van der Waals surface area contributed by atoms with Crippen LogP contribution in [-0.2, 0) is 0 Å². The van der Waals surface area contributed by atoms with Gasteiger partial charge in [0.15, 0.2) is 5.71 Å². The number of hydrogen-bond acceptors (Lipinski definition) is 4. The molecule has 1 rings (SSSR count). The summed E-state index contributed by atoms with van der Waals surface area (Å²) in [6, 6.07) is 5.28. The molecule has 0 saturated heterocycles. The molecule has 0 aliphatic carbocycles. The van der Waals surface area contributed by atoms with Gasteiger partial charge in [0.1, 0.15) is 6.07 Å². The summed E-state index contributed by atoms with van der Waals surface area (Å²) in [6.45, 7) is 0. The van der Waals surface area contributed by atoms with Crippen LogP contribution < -0.4 is 29.6 Å². The van der Waals surface area contributed by atoms with Crippen LogP contribution in [0.5, 0.6) is 0 Å². The normalized spacial score (nSPS) is 9.91. The molecule has 11 heavy (non-hydrogen) atoms. The molecule has 1 heterocycles. The first kappa shape index (κ1) is 10.7. The van der Waals surface area contributed by atoms with E-state index < -0.39 is 0 Å². The fourth-order valence-electron chi connectivity index (χ4n) is 0.540. The van der Waals surface area contributed by atoms with Gasteiger partial charge in [0.25, 0.3) is 0 Å². The molecule has 5 heteroatoms. The number of oxime groups is 1. The SMILES string of the molecule is N#CC(=NO)c1cccs1.[H-].[Na+]. The predicted molar refractivity (Wildman–Crippen MR) is 39.4 cm³/mol. The molecule has 0 saturated carbocycles. The fourth-order valence-corrected chi connectivity index (χ4v) is 1.20. The molecule has 3 nitrogen and oxygen atoms in total. The van der Waals surface area contributed by atoms with Crippen molar-refractivity contribution in [2.24, 2.45) is 5.16 Å². The van der Waals surface area contributed by atoms with E-state index in [0.717, 1.165) is 0 Å². The molecule has 0 aliphatic heterocycles. The average molecular weight is 176 g/mol. The van der Waals surface area contributed by atoms with Crippen molar-refractivity contribution in [2.75, 3.05) is 0 Å². The molecule has 52 valence electrons. The third-order valence-electron chi connectivity index (χ3n) is 0.960. The summed E-state index contributed by atoms with van der Waals surface area (Å²) in [6.07, 6.45) is 0. The van der Waals surface area contributed by atoms with Crippen LogP contribution in [0.15, 0.2) is 22.7 Å². The Morgan fingerprint density at radius 3 is 2.91 bits per heavy atom. The van der Waals surface area contributed by atoms with Gasteiger partial charge >= 0.3 is 29.6 Å². The van der Waals surface area contributed by atoms with Crippen LogP contribution in [0.2, 0.25) is 0 Å². The topological polar surface area (TPSA) is 56.4 Å². The molecule has 1 aromatic rings. The monoisotopic (exact) mass is 176 g/mol. The van der Waals surface area contributed by atoms with Crippen molar-refractivity contribution in [3.63, 3.8) is 0 Å². The Bertz CT molecular complexity index is 280. The van der Waals surface area contributed by atoms with Crippen molar-refractivity contribution in [1.29, 1.82) is 5.26 Å². The second-order valence-electron chi connectivity index (χ2n) is 1.54. The smallest absolute Gasteiger partial charge is 1.00 e. The Labute approximate surface area is 91.7 Å². The molecule has 0 spiro atoms. The van der Waals surface area contributed by atoms with Gasteiger partial charge in [-0.3, -0.25) is 0 Å². The number of thiophene rings is 1. The Hall–Kier alpha value is -0.340. The number of rotatable bonds is 1. The minimum Gasteiger partial charge on any atom is -1.00 e. The third-order valence-corrected chi connectivity index (χ3v) is 1.84. The van der Waals surface area contributed by atoms with Crippen molar-refractivity contribution in [3.8, 4) is 6.07 Å². The minimum absolute atomic E-state index is 0. The minimum atomic E-state index is 0.